The number of nitrogens with one attached hydrogen (secondary N) is 1. The summed E-state index contributed by atoms with van der Waals surface area (Å²) in [6.45, 7) is 5.87. The van der Waals surface area contributed by atoms with Gasteiger partial charge >= 0.3 is 0 Å². The third-order valence-corrected chi connectivity index (χ3v) is 6.39. The molecule has 2 aliphatic heterocycles. The van der Waals surface area contributed by atoms with Gasteiger partial charge in [-0.2, -0.15) is 5.10 Å². The van der Waals surface area contributed by atoms with Gasteiger partial charge in [0.25, 0.3) is 5.91 Å². The number of nitrogens with two attached hydrogens (primary N) is 1. The van der Waals surface area contributed by atoms with Gasteiger partial charge in [0.1, 0.15) is 22.9 Å². The molecule has 2 aromatic rings. The maximum Gasteiger partial charge on any atom is 0.255 e. The molecule has 10 heteroatoms. The van der Waals surface area contributed by atoms with Crippen molar-refractivity contribution in [3.8, 4) is 23.3 Å². The number of methoxy groups -OCH3 is 2. The Morgan fingerprint density at radius 3 is 2.47 bits per heavy atom. The topological polar surface area (TPSA) is 121 Å². The number of ether oxygens (including phenoxy) is 3. The lowest BCUT2D eigenvalue weighted by Gasteiger charge is -2.26. The van der Waals surface area contributed by atoms with Gasteiger partial charge in [0.15, 0.2) is 5.69 Å². The Hall–Kier alpha value is -3.97. The average molecular weight is 494 g/mol. The molecule has 0 spiro atoms. The highest BCUT2D eigenvalue weighted by atomic mass is 16.5. The van der Waals surface area contributed by atoms with Crippen LogP contribution < -0.4 is 20.5 Å². The fourth-order valence-corrected chi connectivity index (χ4v) is 4.47. The Bertz CT molecular complexity index is 1180. The second kappa shape index (κ2) is 11.2. The van der Waals surface area contributed by atoms with Gasteiger partial charge < -0.3 is 30.2 Å². The Kier molecular flexibility index (Phi) is 7.80. The number of rotatable bonds is 7. The fourth-order valence-electron chi connectivity index (χ4n) is 4.47. The Morgan fingerprint density at radius 1 is 1.17 bits per heavy atom. The Balaban J connectivity index is 1.75. The minimum absolute atomic E-state index is 0.100. The van der Waals surface area contributed by atoms with Crippen molar-refractivity contribution in [3.63, 3.8) is 0 Å². The van der Waals surface area contributed by atoms with E-state index in [1.807, 2.05) is 0 Å². The highest BCUT2D eigenvalue weighted by Crippen LogP contribution is 2.31. The number of hydrogen-bond donors (Lipinski definition) is 2. The first-order chi connectivity index (χ1) is 17.4. The molecule has 1 atom stereocenters. The molecule has 0 aliphatic carbocycles. The molecule has 2 aliphatic rings. The van der Waals surface area contributed by atoms with Crippen molar-refractivity contribution in [2.45, 2.75) is 31.3 Å². The normalized spacial score (nSPS) is 17.7. The molecule has 190 valence electrons. The molecule has 0 bridgehead atoms. The fraction of sp³-hybridized carbons (Fsp3) is 0.423. The highest BCUT2D eigenvalue weighted by molar-refractivity contribution is 6.00. The molecule has 10 nitrogen and oxygen atoms in total. The van der Waals surface area contributed by atoms with Gasteiger partial charge in [-0.15, -0.1) is 0 Å². The van der Waals surface area contributed by atoms with Crippen molar-refractivity contribution in [3.05, 3.63) is 47.7 Å². The summed E-state index contributed by atoms with van der Waals surface area (Å²) in [5.74, 6) is 7.04. The summed E-state index contributed by atoms with van der Waals surface area (Å²) in [6.07, 6.45) is 3.57. The maximum atomic E-state index is 12.7. The van der Waals surface area contributed by atoms with Crippen LogP contribution in [0, 0.1) is 11.8 Å². The highest BCUT2D eigenvalue weighted by Gasteiger charge is 2.32. The number of amides is 2. The molecule has 1 aromatic carbocycles. The van der Waals surface area contributed by atoms with Crippen LogP contribution in [0.2, 0.25) is 0 Å². The lowest BCUT2D eigenvalue weighted by atomic mass is 10.1. The van der Waals surface area contributed by atoms with Crippen molar-refractivity contribution in [2.75, 3.05) is 45.8 Å². The molecule has 0 unspecified atom stereocenters. The van der Waals surface area contributed by atoms with Gasteiger partial charge in [-0.25, -0.2) is 4.68 Å². The van der Waals surface area contributed by atoms with E-state index in [9.17, 15) is 9.59 Å². The van der Waals surface area contributed by atoms with E-state index in [1.54, 1.807) is 42.0 Å². The van der Waals surface area contributed by atoms with Crippen molar-refractivity contribution in [2.24, 2.45) is 5.73 Å². The number of benzene rings is 1. The van der Waals surface area contributed by atoms with Crippen molar-refractivity contribution >= 4 is 17.6 Å². The smallest absolute Gasteiger partial charge is 0.255 e. The quantitative estimate of drug-likeness (QED) is 0.447. The first-order valence-electron chi connectivity index (χ1n) is 11.9. The number of nitrogens with zero attached hydrogens (tertiary/aromatic N) is 3. The third-order valence-electron chi connectivity index (χ3n) is 6.39. The van der Waals surface area contributed by atoms with Crippen LogP contribution in [-0.2, 0) is 9.53 Å². The summed E-state index contributed by atoms with van der Waals surface area (Å²) in [5, 5.41) is 8.20. The minimum atomic E-state index is -0.625. The number of likely N-dealkylation sites (tertiary alicyclic amines) is 1. The number of carbonyl (C=O) groups excluding carboxylic acids is 2. The Morgan fingerprint density at radius 2 is 1.86 bits per heavy atom. The van der Waals surface area contributed by atoms with E-state index in [4.69, 9.17) is 25.0 Å². The number of anilines is 1. The van der Waals surface area contributed by atoms with E-state index in [-0.39, 0.29) is 29.2 Å². The van der Waals surface area contributed by atoms with Crippen molar-refractivity contribution in [1.29, 1.82) is 0 Å². The number of hydrogen-bond acceptors (Lipinski definition) is 7. The summed E-state index contributed by atoms with van der Waals surface area (Å²) >= 11 is 0. The van der Waals surface area contributed by atoms with Crippen LogP contribution >= 0.6 is 0 Å². The van der Waals surface area contributed by atoms with Crippen LogP contribution in [0.3, 0.4) is 0 Å². The van der Waals surface area contributed by atoms with Crippen LogP contribution in [-0.4, -0.2) is 73.1 Å². The molecule has 2 amide bonds. The zero-order valence-electron chi connectivity index (χ0n) is 20.6. The molecule has 1 aromatic heterocycles. The lowest BCUT2D eigenvalue weighted by molar-refractivity contribution is -0.125. The van der Waals surface area contributed by atoms with E-state index in [0.29, 0.717) is 55.6 Å². The number of carbonyl (C=O) groups is 2. The zero-order valence-corrected chi connectivity index (χ0v) is 20.6. The molecule has 2 saturated heterocycles. The molecular weight excluding hydrogens is 462 g/mol. The maximum absolute atomic E-state index is 12.7. The summed E-state index contributed by atoms with van der Waals surface area (Å²) in [5.41, 5.74) is 6.99. The van der Waals surface area contributed by atoms with Gasteiger partial charge in [0.2, 0.25) is 5.91 Å². The van der Waals surface area contributed by atoms with Crippen LogP contribution in [0.4, 0.5) is 5.82 Å². The van der Waals surface area contributed by atoms with Crippen LogP contribution in [0.15, 0.2) is 30.9 Å². The summed E-state index contributed by atoms with van der Waals surface area (Å²) in [7, 11) is 3.13. The van der Waals surface area contributed by atoms with Gasteiger partial charge in [-0.1, -0.05) is 12.5 Å². The largest absolute Gasteiger partial charge is 0.497 e. The van der Waals surface area contributed by atoms with E-state index < -0.39 is 5.91 Å². The first kappa shape index (κ1) is 25.1. The second-order valence-corrected chi connectivity index (χ2v) is 8.69. The molecule has 2 fully saturated rings. The van der Waals surface area contributed by atoms with Crippen LogP contribution in [0.5, 0.6) is 11.5 Å². The number of primary amides is 1. The van der Waals surface area contributed by atoms with Crippen molar-refractivity contribution in [1.82, 2.24) is 14.7 Å². The SMILES string of the molecule is C=CC(=O)N1CC[C@H](n2nc(C#Cc3cc(OC)cc(OC)c3)c(C(N)=O)c2NC2CCOCC2)C1. The van der Waals surface area contributed by atoms with Gasteiger partial charge in [-0.3, -0.25) is 9.59 Å². The molecule has 3 heterocycles. The van der Waals surface area contributed by atoms with Crippen LogP contribution in [0.25, 0.3) is 0 Å². The lowest BCUT2D eigenvalue weighted by Crippen LogP contribution is -2.31. The molecule has 36 heavy (non-hydrogen) atoms. The first-order valence-corrected chi connectivity index (χ1v) is 11.9. The van der Waals surface area contributed by atoms with Crippen molar-refractivity contribution < 1.29 is 23.8 Å². The number of aromatic nitrogens is 2. The van der Waals surface area contributed by atoms with E-state index >= 15 is 0 Å². The van der Waals surface area contributed by atoms with E-state index in [0.717, 1.165) is 12.8 Å². The molecule has 0 radical (unpaired) electrons. The summed E-state index contributed by atoms with van der Waals surface area (Å²) in [6, 6.07) is 5.26. The summed E-state index contributed by atoms with van der Waals surface area (Å²) in [4.78, 5) is 26.5. The van der Waals surface area contributed by atoms with Gasteiger partial charge in [-0.05, 0) is 43.4 Å². The van der Waals surface area contributed by atoms with E-state index in [2.05, 4.69) is 23.7 Å². The predicted molar refractivity (Wildman–Crippen MR) is 134 cm³/mol. The summed E-state index contributed by atoms with van der Waals surface area (Å²) < 4.78 is 17.9. The second-order valence-electron chi connectivity index (χ2n) is 8.69. The predicted octanol–water partition coefficient (Wildman–Crippen LogP) is 1.95. The molecule has 0 saturated carbocycles. The molecule has 4 rings (SSSR count). The minimum Gasteiger partial charge on any atom is -0.497 e. The van der Waals surface area contributed by atoms with Gasteiger partial charge in [0, 0.05) is 44.0 Å². The average Bonchev–Trinajstić information content (AvgIpc) is 3.52. The zero-order chi connectivity index (χ0) is 25.7. The van der Waals surface area contributed by atoms with Gasteiger partial charge in [0.05, 0.1) is 20.3 Å². The third kappa shape index (κ3) is 5.47. The Labute approximate surface area is 210 Å². The van der Waals surface area contributed by atoms with E-state index in [1.165, 1.54) is 6.08 Å². The van der Waals surface area contributed by atoms with Crippen LogP contribution in [0.1, 0.15) is 46.9 Å². The molecular formula is C26H31N5O5. The standard InChI is InChI=1S/C26H31N5O5/c1-4-23(32)30-10-7-19(16-30)31-26(28-18-8-11-36-12-9-18)24(25(27)33)22(29-31)6-5-17-13-20(34-2)15-21(14-17)35-3/h4,13-15,18-19,28H,1,7-12,16H2,2-3H3,(H2,27,33)/t19-/m0/s1. The molecule has 3 N–H and O–H groups in total. The monoisotopic (exact) mass is 493 g/mol.